The maximum absolute atomic E-state index is 12.2. The topological polar surface area (TPSA) is 104 Å². The zero-order chi connectivity index (χ0) is 16.5. The van der Waals surface area contributed by atoms with Crippen molar-refractivity contribution in [3.63, 3.8) is 0 Å². The van der Waals surface area contributed by atoms with Gasteiger partial charge in [0.15, 0.2) is 0 Å². The van der Waals surface area contributed by atoms with Crippen molar-refractivity contribution in [1.82, 2.24) is 34.1 Å². The zero-order valence-corrected chi connectivity index (χ0v) is 13.8. The maximum atomic E-state index is 12.2. The quantitative estimate of drug-likeness (QED) is 0.726. The summed E-state index contributed by atoms with van der Waals surface area (Å²) in [4.78, 5) is 24.7. The lowest BCUT2D eigenvalue weighted by molar-refractivity contribution is 0.208. The van der Waals surface area contributed by atoms with E-state index in [1.54, 1.807) is 15.6 Å². The second kappa shape index (κ2) is 6.00. The molecule has 2 amide bonds. The number of amides is 2. The molecule has 4 heterocycles. The number of carbonyl (C=O) groups excluding carboxylic acids is 1. The minimum absolute atomic E-state index is 0.127. The fraction of sp³-hybridized carbons (Fsp3) is 0.385. The van der Waals surface area contributed by atoms with Crippen LogP contribution in [-0.4, -0.2) is 66.3 Å². The van der Waals surface area contributed by atoms with Crippen LogP contribution in [0.25, 0.3) is 5.78 Å². The van der Waals surface area contributed by atoms with Gasteiger partial charge in [0.05, 0.1) is 6.20 Å². The largest absolute Gasteiger partial charge is 0.353 e. The fourth-order valence-electron chi connectivity index (χ4n) is 2.68. The predicted octanol–water partition coefficient (Wildman–Crippen LogP) is 0.638. The fourth-order valence-corrected chi connectivity index (χ4v) is 3.09. The summed E-state index contributed by atoms with van der Waals surface area (Å²) in [7, 11) is 0. The summed E-state index contributed by atoms with van der Waals surface area (Å²) >= 11 is 1.16. The van der Waals surface area contributed by atoms with Gasteiger partial charge >= 0.3 is 6.03 Å². The Morgan fingerprint density at radius 2 is 2.12 bits per heavy atom. The molecule has 3 aromatic heterocycles. The van der Waals surface area contributed by atoms with Crippen LogP contribution in [0, 0.1) is 6.92 Å². The van der Waals surface area contributed by atoms with Crippen molar-refractivity contribution in [1.29, 1.82) is 0 Å². The summed E-state index contributed by atoms with van der Waals surface area (Å²) in [6, 6.07) is 1.86. The molecule has 0 bridgehead atoms. The Labute approximate surface area is 141 Å². The van der Waals surface area contributed by atoms with E-state index in [4.69, 9.17) is 0 Å². The summed E-state index contributed by atoms with van der Waals surface area (Å²) in [5.41, 5.74) is 0.892. The minimum Gasteiger partial charge on any atom is -0.353 e. The van der Waals surface area contributed by atoms with E-state index < -0.39 is 0 Å². The van der Waals surface area contributed by atoms with Crippen LogP contribution < -0.4 is 10.2 Å². The molecule has 1 fully saturated rings. The van der Waals surface area contributed by atoms with Crippen molar-refractivity contribution in [2.45, 2.75) is 6.92 Å². The monoisotopic (exact) mass is 345 g/mol. The Bertz CT molecular complexity index is 854. The van der Waals surface area contributed by atoms with E-state index in [1.165, 1.54) is 6.33 Å². The van der Waals surface area contributed by atoms with Crippen molar-refractivity contribution in [2.24, 2.45) is 0 Å². The highest BCUT2D eigenvalue weighted by Crippen LogP contribution is 2.18. The maximum Gasteiger partial charge on any atom is 0.322 e. The first-order valence-electron chi connectivity index (χ1n) is 7.46. The molecule has 0 aliphatic carbocycles. The Balaban J connectivity index is 1.45. The number of rotatable bonds is 2. The molecule has 3 aromatic rings. The number of hydrogen-bond acceptors (Lipinski definition) is 8. The van der Waals surface area contributed by atoms with Crippen LogP contribution in [0.3, 0.4) is 0 Å². The van der Waals surface area contributed by atoms with E-state index in [1.807, 2.05) is 13.0 Å². The van der Waals surface area contributed by atoms with Crippen LogP contribution in [-0.2, 0) is 0 Å². The Kier molecular flexibility index (Phi) is 3.69. The van der Waals surface area contributed by atoms with Gasteiger partial charge < -0.3 is 9.80 Å². The van der Waals surface area contributed by atoms with Gasteiger partial charge in [0.1, 0.15) is 17.1 Å². The third-order valence-electron chi connectivity index (χ3n) is 3.84. The summed E-state index contributed by atoms with van der Waals surface area (Å²) in [5.74, 6) is 1.53. The summed E-state index contributed by atoms with van der Waals surface area (Å²) < 4.78 is 5.46. The molecule has 1 saturated heterocycles. The Morgan fingerprint density at radius 3 is 2.88 bits per heavy atom. The molecule has 24 heavy (non-hydrogen) atoms. The van der Waals surface area contributed by atoms with E-state index in [9.17, 15) is 4.79 Å². The van der Waals surface area contributed by atoms with Gasteiger partial charge in [-0.15, -0.1) is 5.10 Å². The SMILES string of the molecule is Cc1cc(N2CCN(C(=O)Nc3cnns3)CC2)n2ncnc2n1. The first kappa shape index (κ1) is 14.8. The van der Waals surface area contributed by atoms with Crippen LogP contribution in [0.5, 0.6) is 0 Å². The average Bonchev–Trinajstić information content (AvgIpc) is 3.25. The van der Waals surface area contributed by atoms with Crippen LogP contribution in [0.4, 0.5) is 15.6 Å². The molecule has 4 rings (SSSR count). The van der Waals surface area contributed by atoms with Gasteiger partial charge in [-0.1, -0.05) is 4.49 Å². The predicted molar refractivity (Wildman–Crippen MR) is 88.2 cm³/mol. The Hall–Kier alpha value is -2.82. The number of nitrogens with one attached hydrogen (secondary N) is 1. The van der Waals surface area contributed by atoms with Gasteiger partial charge in [0.25, 0.3) is 5.78 Å². The molecule has 124 valence electrons. The van der Waals surface area contributed by atoms with E-state index in [2.05, 4.69) is 34.9 Å². The normalized spacial score (nSPS) is 15.0. The van der Waals surface area contributed by atoms with Crippen LogP contribution in [0.1, 0.15) is 5.69 Å². The molecule has 1 aliphatic rings. The van der Waals surface area contributed by atoms with Gasteiger partial charge in [-0.05, 0) is 6.92 Å². The molecule has 11 heteroatoms. The summed E-state index contributed by atoms with van der Waals surface area (Å²) in [6.45, 7) is 4.61. The summed E-state index contributed by atoms with van der Waals surface area (Å²) in [6.07, 6.45) is 3.04. The van der Waals surface area contributed by atoms with Crippen molar-refractivity contribution in [2.75, 3.05) is 36.4 Å². The number of anilines is 2. The molecule has 1 aliphatic heterocycles. The number of aromatic nitrogens is 6. The second-order valence-corrected chi connectivity index (χ2v) is 6.20. The second-order valence-electron chi connectivity index (χ2n) is 5.41. The number of aryl methyl sites for hydroxylation is 1. The number of nitrogens with zero attached hydrogens (tertiary/aromatic N) is 8. The van der Waals surface area contributed by atoms with E-state index in [0.717, 1.165) is 23.0 Å². The van der Waals surface area contributed by atoms with Crippen LogP contribution in [0.2, 0.25) is 0 Å². The van der Waals surface area contributed by atoms with Gasteiger partial charge in [-0.25, -0.2) is 9.78 Å². The van der Waals surface area contributed by atoms with E-state index in [-0.39, 0.29) is 6.03 Å². The van der Waals surface area contributed by atoms with Gasteiger partial charge in [-0.2, -0.15) is 14.6 Å². The van der Waals surface area contributed by atoms with Gasteiger partial charge in [-0.3, -0.25) is 5.32 Å². The third kappa shape index (κ3) is 2.73. The number of piperazine rings is 1. The molecule has 0 unspecified atom stereocenters. The highest BCUT2D eigenvalue weighted by Gasteiger charge is 2.23. The van der Waals surface area contributed by atoms with Crippen molar-refractivity contribution < 1.29 is 4.79 Å². The van der Waals surface area contributed by atoms with Crippen LogP contribution in [0.15, 0.2) is 18.6 Å². The van der Waals surface area contributed by atoms with E-state index >= 15 is 0 Å². The molecule has 0 spiro atoms. The molecule has 1 N–H and O–H groups in total. The molecular weight excluding hydrogens is 330 g/mol. The molecule has 10 nitrogen and oxygen atoms in total. The summed E-state index contributed by atoms with van der Waals surface area (Å²) in [5, 5.41) is 11.4. The third-order valence-corrected chi connectivity index (χ3v) is 4.42. The van der Waals surface area contributed by atoms with Gasteiger partial charge in [0.2, 0.25) is 0 Å². The van der Waals surface area contributed by atoms with E-state index in [0.29, 0.717) is 37.0 Å². The Morgan fingerprint density at radius 1 is 1.29 bits per heavy atom. The molecule has 0 aromatic carbocycles. The molecular formula is C13H15N9OS. The lowest BCUT2D eigenvalue weighted by Gasteiger charge is -2.35. The molecule has 0 saturated carbocycles. The number of urea groups is 1. The standard InChI is InChI=1S/C13H15N9OS/c1-9-6-11(22-12(17-9)14-8-16-22)20-2-4-21(5-3-20)13(23)18-10-7-15-19-24-10/h6-8H,2-5H2,1H3,(H,18,23). The van der Waals surface area contributed by atoms with Gasteiger partial charge in [0, 0.05) is 49.5 Å². The lowest BCUT2D eigenvalue weighted by Crippen LogP contribution is -2.50. The lowest BCUT2D eigenvalue weighted by atomic mass is 10.3. The highest BCUT2D eigenvalue weighted by molar-refractivity contribution is 7.10. The molecule has 0 atom stereocenters. The van der Waals surface area contributed by atoms with Crippen molar-refractivity contribution in [3.8, 4) is 0 Å². The van der Waals surface area contributed by atoms with Crippen LogP contribution >= 0.6 is 11.5 Å². The molecule has 0 radical (unpaired) electrons. The number of hydrogen-bond donors (Lipinski definition) is 1. The van der Waals surface area contributed by atoms with Crippen molar-refractivity contribution in [3.05, 3.63) is 24.3 Å². The van der Waals surface area contributed by atoms with Crippen molar-refractivity contribution >= 4 is 34.2 Å². The number of fused-ring (bicyclic) bond motifs is 1. The highest BCUT2D eigenvalue weighted by atomic mass is 32.1. The first-order chi connectivity index (χ1) is 11.7. The number of carbonyl (C=O) groups is 1. The minimum atomic E-state index is -0.127. The smallest absolute Gasteiger partial charge is 0.322 e. The zero-order valence-electron chi connectivity index (χ0n) is 13.0. The first-order valence-corrected chi connectivity index (χ1v) is 8.23. The average molecular weight is 345 g/mol.